The van der Waals surface area contributed by atoms with E-state index in [0.29, 0.717) is 6.04 Å². The summed E-state index contributed by atoms with van der Waals surface area (Å²) in [5.74, 6) is 0.862. The number of nitrogens with zero attached hydrogens (tertiary/aromatic N) is 4. The number of piperazine rings is 1. The number of anilines is 1. The molecule has 0 aromatic carbocycles. The van der Waals surface area contributed by atoms with Gasteiger partial charge in [-0.1, -0.05) is 13.8 Å². The Balaban J connectivity index is 1.79. The van der Waals surface area contributed by atoms with Crippen LogP contribution in [0, 0.1) is 0 Å². The zero-order valence-corrected chi connectivity index (χ0v) is 12.0. The van der Waals surface area contributed by atoms with Gasteiger partial charge in [0.25, 0.3) is 0 Å². The molecule has 1 aliphatic heterocycles. The molecule has 0 spiro atoms. The van der Waals surface area contributed by atoms with E-state index in [4.69, 9.17) is 0 Å². The van der Waals surface area contributed by atoms with Gasteiger partial charge in [-0.05, 0) is 19.0 Å². The summed E-state index contributed by atoms with van der Waals surface area (Å²) in [5.41, 5.74) is 0. The van der Waals surface area contributed by atoms with Crippen molar-refractivity contribution in [3.8, 4) is 0 Å². The molecule has 0 bridgehead atoms. The highest BCUT2D eigenvalue weighted by atomic mass is 15.3. The fourth-order valence-corrected chi connectivity index (χ4v) is 2.52. The summed E-state index contributed by atoms with van der Waals surface area (Å²) < 4.78 is 0. The maximum absolute atomic E-state index is 4.32. The largest absolute Gasteiger partial charge is 0.338 e. The van der Waals surface area contributed by atoms with E-state index in [1.807, 2.05) is 18.5 Å². The summed E-state index contributed by atoms with van der Waals surface area (Å²) in [4.78, 5) is 13.4. The van der Waals surface area contributed by atoms with Crippen LogP contribution in [0.4, 0.5) is 5.95 Å². The maximum Gasteiger partial charge on any atom is 0.225 e. The predicted octanol–water partition coefficient (Wildman–Crippen LogP) is 0.987. The van der Waals surface area contributed by atoms with Crippen LogP contribution < -0.4 is 10.2 Å². The van der Waals surface area contributed by atoms with Gasteiger partial charge in [-0.25, -0.2) is 9.97 Å². The fraction of sp³-hybridized carbons (Fsp3) is 0.714. The monoisotopic (exact) mass is 263 g/mol. The van der Waals surface area contributed by atoms with Gasteiger partial charge in [-0.3, -0.25) is 4.90 Å². The molecule has 1 aromatic rings. The molecule has 19 heavy (non-hydrogen) atoms. The molecule has 1 fully saturated rings. The molecule has 106 valence electrons. The Morgan fingerprint density at radius 1 is 1.16 bits per heavy atom. The van der Waals surface area contributed by atoms with Crippen LogP contribution in [0.1, 0.15) is 20.3 Å². The first-order chi connectivity index (χ1) is 9.33. The van der Waals surface area contributed by atoms with E-state index in [0.717, 1.165) is 45.2 Å². The molecule has 2 heterocycles. The van der Waals surface area contributed by atoms with Crippen LogP contribution in [0.25, 0.3) is 0 Å². The molecular weight excluding hydrogens is 238 g/mol. The van der Waals surface area contributed by atoms with Crippen molar-refractivity contribution < 1.29 is 0 Å². The second kappa shape index (κ2) is 7.40. The van der Waals surface area contributed by atoms with Gasteiger partial charge in [-0.15, -0.1) is 0 Å². The summed E-state index contributed by atoms with van der Waals surface area (Å²) >= 11 is 0. The topological polar surface area (TPSA) is 44.3 Å². The molecular formula is C14H25N5. The summed E-state index contributed by atoms with van der Waals surface area (Å²) in [6.45, 7) is 10.9. The molecule has 2 rings (SSSR count). The average molecular weight is 263 g/mol. The first-order valence-electron chi connectivity index (χ1n) is 7.31. The lowest BCUT2D eigenvalue weighted by Crippen LogP contribution is -2.51. The number of aromatic nitrogens is 2. The smallest absolute Gasteiger partial charge is 0.225 e. The van der Waals surface area contributed by atoms with Gasteiger partial charge in [-0.2, -0.15) is 0 Å². The Labute approximate surface area is 116 Å². The fourth-order valence-electron chi connectivity index (χ4n) is 2.52. The van der Waals surface area contributed by atoms with Crippen LogP contribution in [0.5, 0.6) is 0 Å². The summed E-state index contributed by atoms with van der Waals surface area (Å²) in [6, 6.07) is 2.48. The molecule has 0 amide bonds. The van der Waals surface area contributed by atoms with Crippen molar-refractivity contribution >= 4 is 5.95 Å². The van der Waals surface area contributed by atoms with Crippen LogP contribution >= 0.6 is 0 Å². The van der Waals surface area contributed by atoms with Gasteiger partial charge in [0, 0.05) is 51.2 Å². The van der Waals surface area contributed by atoms with Crippen molar-refractivity contribution in [2.45, 2.75) is 26.3 Å². The normalized spacial score (nSPS) is 18.5. The van der Waals surface area contributed by atoms with E-state index in [2.05, 4.69) is 38.9 Å². The second-order valence-electron chi connectivity index (χ2n) is 5.00. The Bertz CT molecular complexity index is 348. The van der Waals surface area contributed by atoms with Crippen molar-refractivity contribution in [2.75, 3.05) is 44.2 Å². The first kappa shape index (κ1) is 14.2. The Morgan fingerprint density at radius 2 is 1.84 bits per heavy atom. The van der Waals surface area contributed by atoms with Crippen molar-refractivity contribution in [3.05, 3.63) is 18.5 Å². The van der Waals surface area contributed by atoms with Crippen LogP contribution in [-0.4, -0.2) is 60.2 Å². The third kappa shape index (κ3) is 4.14. The van der Waals surface area contributed by atoms with E-state index in [1.165, 1.54) is 6.42 Å². The zero-order valence-electron chi connectivity index (χ0n) is 12.0. The minimum atomic E-state index is 0.615. The predicted molar refractivity (Wildman–Crippen MR) is 78.4 cm³/mol. The average Bonchev–Trinajstić information content (AvgIpc) is 2.48. The molecule has 0 aliphatic carbocycles. The van der Waals surface area contributed by atoms with Crippen LogP contribution in [-0.2, 0) is 0 Å². The van der Waals surface area contributed by atoms with Crippen molar-refractivity contribution in [2.24, 2.45) is 0 Å². The van der Waals surface area contributed by atoms with E-state index in [9.17, 15) is 0 Å². The number of nitrogens with one attached hydrogen (secondary N) is 1. The molecule has 1 N–H and O–H groups in total. The molecule has 0 saturated carbocycles. The quantitative estimate of drug-likeness (QED) is 0.829. The van der Waals surface area contributed by atoms with Gasteiger partial charge in [0.15, 0.2) is 0 Å². The van der Waals surface area contributed by atoms with Gasteiger partial charge in [0.1, 0.15) is 0 Å². The van der Waals surface area contributed by atoms with E-state index < -0.39 is 0 Å². The highest BCUT2D eigenvalue weighted by molar-refractivity contribution is 5.29. The highest BCUT2D eigenvalue weighted by Gasteiger charge is 2.20. The molecule has 1 aliphatic rings. The van der Waals surface area contributed by atoms with Gasteiger partial charge >= 0.3 is 0 Å². The van der Waals surface area contributed by atoms with Crippen molar-refractivity contribution in [1.82, 2.24) is 20.2 Å². The number of hydrogen-bond donors (Lipinski definition) is 1. The molecule has 1 aromatic heterocycles. The van der Waals surface area contributed by atoms with Gasteiger partial charge in [0.05, 0.1) is 0 Å². The standard InChI is InChI=1S/C14H25N5/c1-3-13(15-4-2)12-18-8-10-19(11-9-18)14-16-6-5-7-17-14/h5-7,13,15H,3-4,8-12H2,1-2H3. The highest BCUT2D eigenvalue weighted by Crippen LogP contribution is 2.10. The van der Waals surface area contributed by atoms with Gasteiger partial charge in [0.2, 0.25) is 5.95 Å². The SMILES string of the molecule is CCNC(CC)CN1CCN(c2ncccn2)CC1. The number of likely N-dealkylation sites (N-methyl/N-ethyl adjacent to an activating group) is 1. The molecule has 1 saturated heterocycles. The Morgan fingerprint density at radius 3 is 2.42 bits per heavy atom. The Kier molecular flexibility index (Phi) is 5.54. The molecule has 0 radical (unpaired) electrons. The van der Waals surface area contributed by atoms with Crippen molar-refractivity contribution in [3.63, 3.8) is 0 Å². The van der Waals surface area contributed by atoms with Crippen LogP contribution in [0.2, 0.25) is 0 Å². The summed E-state index contributed by atoms with van der Waals surface area (Å²) in [5, 5.41) is 3.54. The zero-order chi connectivity index (χ0) is 13.5. The third-order valence-electron chi connectivity index (χ3n) is 3.67. The molecule has 5 nitrogen and oxygen atoms in total. The van der Waals surface area contributed by atoms with E-state index >= 15 is 0 Å². The molecule has 5 heteroatoms. The molecule has 1 atom stereocenters. The van der Waals surface area contributed by atoms with E-state index in [-0.39, 0.29) is 0 Å². The lowest BCUT2D eigenvalue weighted by Gasteiger charge is -2.36. The summed E-state index contributed by atoms with van der Waals surface area (Å²) in [7, 11) is 0. The molecule has 1 unspecified atom stereocenters. The summed E-state index contributed by atoms with van der Waals surface area (Å²) in [6.07, 6.45) is 4.82. The minimum Gasteiger partial charge on any atom is -0.338 e. The minimum absolute atomic E-state index is 0.615. The lowest BCUT2D eigenvalue weighted by molar-refractivity contribution is 0.226. The lowest BCUT2D eigenvalue weighted by atomic mass is 10.2. The van der Waals surface area contributed by atoms with Crippen LogP contribution in [0.3, 0.4) is 0 Å². The van der Waals surface area contributed by atoms with Crippen LogP contribution in [0.15, 0.2) is 18.5 Å². The van der Waals surface area contributed by atoms with Gasteiger partial charge < -0.3 is 10.2 Å². The Hall–Kier alpha value is -1.20. The third-order valence-corrected chi connectivity index (χ3v) is 3.67. The van der Waals surface area contributed by atoms with E-state index in [1.54, 1.807) is 0 Å². The first-order valence-corrected chi connectivity index (χ1v) is 7.31. The van der Waals surface area contributed by atoms with Crippen molar-refractivity contribution in [1.29, 1.82) is 0 Å². The second-order valence-corrected chi connectivity index (χ2v) is 5.00. The maximum atomic E-state index is 4.32. The number of hydrogen-bond acceptors (Lipinski definition) is 5. The number of rotatable bonds is 6.